The number of hydrogen-bond donors (Lipinski definition) is 2. The van der Waals surface area contributed by atoms with Crippen LogP contribution < -0.4 is 11.1 Å². The van der Waals surface area contributed by atoms with E-state index in [1.54, 1.807) is 31.4 Å². The summed E-state index contributed by atoms with van der Waals surface area (Å²) in [4.78, 5) is 12.1. The molecule has 1 aromatic carbocycles. The van der Waals surface area contributed by atoms with Crippen LogP contribution in [0.4, 0.5) is 11.4 Å². The largest absolute Gasteiger partial charge is 0.469 e. The van der Waals surface area contributed by atoms with Gasteiger partial charge in [0.2, 0.25) is 0 Å². The molecule has 1 aromatic heterocycles. The van der Waals surface area contributed by atoms with E-state index in [4.69, 9.17) is 21.8 Å². The standard InChI is InChI=1S/C13H13ClN2O2/c1-7-6-18-8(2)12(7)13(17)16-9-3-4-11(15)10(14)5-9/h3-6H,15H2,1-2H3,(H,16,17). The first-order valence-corrected chi connectivity index (χ1v) is 5.78. The van der Waals surface area contributed by atoms with E-state index < -0.39 is 0 Å². The van der Waals surface area contributed by atoms with Gasteiger partial charge in [-0.1, -0.05) is 11.6 Å². The first-order chi connectivity index (χ1) is 8.49. The smallest absolute Gasteiger partial charge is 0.259 e. The number of hydrogen-bond acceptors (Lipinski definition) is 3. The third kappa shape index (κ3) is 2.33. The molecule has 4 nitrogen and oxygen atoms in total. The van der Waals surface area contributed by atoms with Gasteiger partial charge in [-0.25, -0.2) is 0 Å². The molecule has 2 aromatic rings. The highest BCUT2D eigenvalue weighted by atomic mass is 35.5. The second-order valence-corrected chi connectivity index (χ2v) is 4.45. The van der Waals surface area contributed by atoms with E-state index in [9.17, 15) is 4.79 Å². The molecular weight excluding hydrogens is 252 g/mol. The average Bonchev–Trinajstić information content (AvgIpc) is 2.64. The summed E-state index contributed by atoms with van der Waals surface area (Å²) in [7, 11) is 0. The Morgan fingerprint density at radius 2 is 2.11 bits per heavy atom. The summed E-state index contributed by atoms with van der Waals surface area (Å²) in [6, 6.07) is 4.95. The van der Waals surface area contributed by atoms with Gasteiger partial charge in [-0.05, 0) is 32.0 Å². The monoisotopic (exact) mass is 264 g/mol. The zero-order chi connectivity index (χ0) is 13.3. The van der Waals surface area contributed by atoms with Crippen molar-refractivity contribution in [1.29, 1.82) is 0 Å². The lowest BCUT2D eigenvalue weighted by molar-refractivity contribution is 0.102. The predicted octanol–water partition coefficient (Wildman–Crippen LogP) is 3.38. The van der Waals surface area contributed by atoms with E-state index in [1.165, 1.54) is 0 Å². The van der Waals surface area contributed by atoms with Gasteiger partial charge in [-0.15, -0.1) is 0 Å². The Bertz CT molecular complexity index is 586. The normalized spacial score (nSPS) is 10.4. The van der Waals surface area contributed by atoms with Gasteiger partial charge in [0.1, 0.15) is 5.76 Å². The van der Waals surface area contributed by atoms with E-state index in [0.29, 0.717) is 27.7 Å². The van der Waals surface area contributed by atoms with Crippen molar-refractivity contribution >= 4 is 28.9 Å². The van der Waals surface area contributed by atoms with E-state index in [2.05, 4.69) is 5.32 Å². The molecule has 0 aliphatic rings. The lowest BCUT2D eigenvalue weighted by Gasteiger charge is -2.06. The van der Waals surface area contributed by atoms with Crippen LogP contribution in [0, 0.1) is 13.8 Å². The van der Waals surface area contributed by atoms with Crippen molar-refractivity contribution in [2.45, 2.75) is 13.8 Å². The van der Waals surface area contributed by atoms with Crippen molar-refractivity contribution < 1.29 is 9.21 Å². The summed E-state index contributed by atoms with van der Waals surface area (Å²) < 4.78 is 5.19. The molecule has 0 atom stereocenters. The molecule has 94 valence electrons. The summed E-state index contributed by atoms with van der Waals surface area (Å²) >= 11 is 5.89. The minimum absolute atomic E-state index is 0.223. The Morgan fingerprint density at radius 1 is 1.39 bits per heavy atom. The summed E-state index contributed by atoms with van der Waals surface area (Å²) in [5.74, 6) is 0.367. The summed E-state index contributed by atoms with van der Waals surface area (Å²) in [6.07, 6.45) is 1.56. The Labute approximate surface area is 110 Å². The van der Waals surface area contributed by atoms with Crippen molar-refractivity contribution in [3.05, 3.63) is 46.4 Å². The Balaban J connectivity index is 2.24. The van der Waals surface area contributed by atoms with Crippen LogP contribution in [-0.4, -0.2) is 5.91 Å². The fraction of sp³-hybridized carbons (Fsp3) is 0.154. The van der Waals surface area contributed by atoms with Crippen LogP contribution in [0.1, 0.15) is 21.7 Å². The molecule has 3 N–H and O–H groups in total. The summed E-state index contributed by atoms with van der Waals surface area (Å²) in [5.41, 5.74) is 8.02. The van der Waals surface area contributed by atoms with Crippen molar-refractivity contribution in [1.82, 2.24) is 0 Å². The van der Waals surface area contributed by atoms with E-state index >= 15 is 0 Å². The molecule has 0 fully saturated rings. The topological polar surface area (TPSA) is 68.3 Å². The van der Waals surface area contributed by atoms with Gasteiger partial charge in [0.15, 0.2) is 0 Å². The molecule has 1 heterocycles. The molecule has 0 bridgehead atoms. The number of aryl methyl sites for hydroxylation is 2. The van der Waals surface area contributed by atoms with Gasteiger partial charge in [0.05, 0.1) is 22.5 Å². The molecule has 0 aliphatic heterocycles. The van der Waals surface area contributed by atoms with Crippen LogP contribution in [0.5, 0.6) is 0 Å². The number of carbonyl (C=O) groups is 1. The summed E-state index contributed by atoms with van der Waals surface area (Å²) in [6.45, 7) is 3.57. The quantitative estimate of drug-likeness (QED) is 0.817. The number of halogens is 1. The minimum Gasteiger partial charge on any atom is -0.469 e. The van der Waals surface area contributed by atoms with Gasteiger partial charge in [-0.2, -0.15) is 0 Å². The molecule has 0 spiro atoms. The number of amides is 1. The number of nitrogens with two attached hydrogens (primary N) is 1. The first kappa shape index (κ1) is 12.5. The maximum absolute atomic E-state index is 12.1. The molecule has 0 saturated heterocycles. The zero-order valence-corrected chi connectivity index (χ0v) is 10.8. The van der Waals surface area contributed by atoms with Crippen LogP contribution in [0.2, 0.25) is 5.02 Å². The fourth-order valence-corrected chi connectivity index (χ4v) is 1.89. The molecular formula is C13H13ClN2O2. The van der Waals surface area contributed by atoms with Crippen LogP contribution >= 0.6 is 11.6 Å². The van der Waals surface area contributed by atoms with E-state index in [0.717, 1.165) is 5.56 Å². The first-order valence-electron chi connectivity index (χ1n) is 5.40. The van der Waals surface area contributed by atoms with Gasteiger partial charge in [-0.3, -0.25) is 4.79 Å². The molecule has 0 saturated carbocycles. The van der Waals surface area contributed by atoms with Crippen molar-refractivity contribution in [3.63, 3.8) is 0 Å². The number of anilines is 2. The molecule has 18 heavy (non-hydrogen) atoms. The SMILES string of the molecule is Cc1coc(C)c1C(=O)Nc1ccc(N)c(Cl)c1. The van der Waals surface area contributed by atoms with Crippen LogP contribution in [0.15, 0.2) is 28.9 Å². The number of furan rings is 1. The Morgan fingerprint density at radius 3 is 2.67 bits per heavy atom. The van der Waals surface area contributed by atoms with Gasteiger partial charge < -0.3 is 15.5 Å². The fourth-order valence-electron chi connectivity index (χ4n) is 1.71. The second-order valence-electron chi connectivity index (χ2n) is 4.04. The molecule has 1 amide bonds. The number of carbonyl (C=O) groups excluding carboxylic acids is 1. The number of nitrogens with one attached hydrogen (secondary N) is 1. The summed E-state index contributed by atoms with van der Waals surface area (Å²) in [5, 5.41) is 3.17. The third-order valence-corrected chi connectivity index (χ3v) is 2.97. The van der Waals surface area contributed by atoms with Crippen LogP contribution in [0.25, 0.3) is 0 Å². The molecule has 5 heteroatoms. The Hall–Kier alpha value is -1.94. The van der Waals surface area contributed by atoms with E-state index in [-0.39, 0.29) is 5.91 Å². The molecule has 0 unspecified atom stereocenters. The van der Waals surface area contributed by atoms with Gasteiger partial charge in [0, 0.05) is 11.3 Å². The number of nitrogen functional groups attached to an aromatic ring is 1. The number of benzene rings is 1. The van der Waals surface area contributed by atoms with Crippen molar-refractivity contribution in [3.8, 4) is 0 Å². The van der Waals surface area contributed by atoms with Crippen molar-refractivity contribution in [2.75, 3.05) is 11.1 Å². The maximum atomic E-state index is 12.1. The zero-order valence-electron chi connectivity index (χ0n) is 10.1. The highest BCUT2D eigenvalue weighted by Crippen LogP contribution is 2.24. The second kappa shape index (κ2) is 4.74. The Kier molecular flexibility index (Phi) is 3.30. The lowest BCUT2D eigenvalue weighted by atomic mass is 10.1. The highest BCUT2D eigenvalue weighted by molar-refractivity contribution is 6.33. The average molecular weight is 265 g/mol. The molecule has 0 aliphatic carbocycles. The maximum Gasteiger partial charge on any atom is 0.259 e. The minimum atomic E-state index is -0.223. The van der Waals surface area contributed by atoms with Crippen LogP contribution in [-0.2, 0) is 0 Å². The van der Waals surface area contributed by atoms with Gasteiger partial charge >= 0.3 is 0 Å². The highest BCUT2D eigenvalue weighted by Gasteiger charge is 2.15. The van der Waals surface area contributed by atoms with Crippen LogP contribution in [0.3, 0.4) is 0 Å². The van der Waals surface area contributed by atoms with Gasteiger partial charge in [0.25, 0.3) is 5.91 Å². The molecule has 2 rings (SSSR count). The van der Waals surface area contributed by atoms with E-state index in [1.807, 2.05) is 6.92 Å². The van der Waals surface area contributed by atoms with Crippen molar-refractivity contribution in [2.24, 2.45) is 0 Å². The lowest BCUT2D eigenvalue weighted by Crippen LogP contribution is -2.13. The number of rotatable bonds is 2. The molecule has 0 radical (unpaired) electrons. The third-order valence-electron chi connectivity index (χ3n) is 2.64. The predicted molar refractivity (Wildman–Crippen MR) is 72.0 cm³/mol.